The molecule has 122 valence electrons. The van der Waals surface area contributed by atoms with Gasteiger partial charge in [-0.2, -0.15) is 0 Å². The molecule has 0 atom stereocenters. The molecule has 6 heteroatoms. The molecule has 1 aliphatic heterocycles. The smallest absolute Gasteiger partial charge is 0.231 e. The van der Waals surface area contributed by atoms with Gasteiger partial charge in [-0.3, -0.25) is 0 Å². The molecule has 0 saturated heterocycles. The third-order valence-corrected chi connectivity index (χ3v) is 6.79. The highest BCUT2D eigenvalue weighted by atomic mass is 32.2. The lowest BCUT2D eigenvalue weighted by Crippen LogP contribution is -1.99. The maximum atomic E-state index is 5.47. The number of fused-ring (bicyclic) bond motifs is 4. The summed E-state index contributed by atoms with van der Waals surface area (Å²) in [7, 11) is 0. The first-order valence-electron chi connectivity index (χ1n) is 8.15. The first kappa shape index (κ1) is 14.5. The predicted molar refractivity (Wildman–Crippen MR) is 96.2 cm³/mol. The Morgan fingerprint density at radius 1 is 1.08 bits per heavy atom. The Morgan fingerprint density at radius 2 is 2.00 bits per heavy atom. The number of nitrogens with zero attached hydrogens (tertiary/aromatic N) is 2. The van der Waals surface area contributed by atoms with Gasteiger partial charge in [0.25, 0.3) is 0 Å². The number of aryl methyl sites for hydroxylation is 2. The van der Waals surface area contributed by atoms with Crippen LogP contribution in [-0.4, -0.2) is 16.8 Å². The molecule has 2 aliphatic rings. The van der Waals surface area contributed by atoms with Gasteiger partial charge in [0.15, 0.2) is 11.5 Å². The topological polar surface area (TPSA) is 44.2 Å². The van der Waals surface area contributed by atoms with Crippen LogP contribution in [0.15, 0.2) is 29.6 Å². The van der Waals surface area contributed by atoms with Gasteiger partial charge in [-0.25, -0.2) is 9.97 Å². The zero-order chi connectivity index (χ0) is 15.9. The average Bonchev–Trinajstić information content (AvgIpc) is 3.23. The van der Waals surface area contributed by atoms with Crippen molar-refractivity contribution in [2.24, 2.45) is 0 Å². The monoisotopic (exact) mass is 356 g/mol. The number of aromatic nitrogens is 2. The number of ether oxygens (including phenoxy) is 2. The Bertz CT molecular complexity index is 923. The molecular formula is C18H16N2O2S2. The maximum Gasteiger partial charge on any atom is 0.231 e. The quantitative estimate of drug-likeness (QED) is 0.507. The Balaban J connectivity index is 1.45. The number of rotatable bonds is 3. The molecule has 1 aromatic carbocycles. The number of benzene rings is 1. The Morgan fingerprint density at radius 3 is 3.00 bits per heavy atom. The highest BCUT2D eigenvalue weighted by Crippen LogP contribution is 2.40. The van der Waals surface area contributed by atoms with Crippen molar-refractivity contribution in [2.45, 2.75) is 36.5 Å². The van der Waals surface area contributed by atoms with Crippen molar-refractivity contribution in [1.82, 2.24) is 9.97 Å². The minimum Gasteiger partial charge on any atom is -0.454 e. The van der Waals surface area contributed by atoms with Crippen LogP contribution in [-0.2, 0) is 18.6 Å². The van der Waals surface area contributed by atoms with Gasteiger partial charge < -0.3 is 9.47 Å². The Labute approximate surface area is 148 Å². The van der Waals surface area contributed by atoms with Gasteiger partial charge in [0.2, 0.25) is 6.79 Å². The van der Waals surface area contributed by atoms with E-state index in [-0.39, 0.29) is 0 Å². The number of hydrogen-bond donors (Lipinski definition) is 0. The molecule has 1 aliphatic carbocycles. The van der Waals surface area contributed by atoms with Crippen molar-refractivity contribution in [3.63, 3.8) is 0 Å². The van der Waals surface area contributed by atoms with Gasteiger partial charge in [0, 0.05) is 16.0 Å². The van der Waals surface area contributed by atoms with Crippen LogP contribution in [0.1, 0.15) is 28.8 Å². The highest BCUT2D eigenvalue weighted by molar-refractivity contribution is 7.98. The molecule has 2 aromatic heterocycles. The summed E-state index contributed by atoms with van der Waals surface area (Å²) in [6.45, 7) is 0.319. The summed E-state index contributed by atoms with van der Waals surface area (Å²) >= 11 is 3.64. The first-order chi connectivity index (χ1) is 11.9. The van der Waals surface area contributed by atoms with Crippen LogP contribution >= 0.6 is 23.1 Å². The summed E-state index contributed by atoms with van der Waals surface area (Å²) in [6, 6.07) is 6.15. The van der Waals surface area contributed by atoms with Gasteiger partial charge >= 0.3 is 0 Å². The van der Waals surface area contributed by atoms with Crippen LogP contribution in [0.2, 0.25) is 0 Å². The number of thioether (sulfide) groups is 1. The molecule has 0 amide bonds. The minimum absolute atomic E-state index is 0.319. The molecule has 0 unspecified atom stereocenters. The third-order valence-electron chi connectivity index (χ3n) is 4.53. The molecule has 0 radical (unpaired) electrons. The summed E-state index contributed by atoms with van der Waals surface area (Å²) in [5.41, 5.74) is 2.72. The molecule has 0 N–H and O–H groups in total. The van der Waals surface area contributed by atoms with E-state index in [0.717, 1.165) is 27.1 Å². The molecule has 4 nitrogen and oxygen atoms in total. The Hall–Kier alpha value is -1.79. The van der Waals surface area contributed by atoms with Crippen molar-refractivity contribution >= 4 is 33.3 Å². The van der Waals surface area contributed by atoms with Crippen LogP contribution in [0.3, 0.4) is 0 Å². The van der Waals surface area contributed by atoms with Crippen LogP contribution in [0.5, 0.6) is 11.5 Å². The number of hydrogen-bond acceptors (Lipinski definition) is 6. The molecule has 3 heterocycles. The fourth-order valence-electron chi connectivity index (χ4n) is 3.35. The minimum atomic E-state index is 0.319. The van der Waals surface area contributed by atoms with E-state index in [9.17, 15) is 0 Å². The molecule has 5 rings (SSSR count). The van der Waals surface area contributed by atoms with Gasteiger partial charge in [0.1, 0.15) is 16.2 Å². The van der Waals surface area contributed by atoms with Gasteiger partial charge in [-0.05, 0) is 48.9 Å². The summed E-state index contributed by atoms with van der Waals surface area (Å²) in [4.78, 5) is 11.7. The fourth-order valence-corrected chi connectivity index (χ4v) is 5.62. The lowest BCUT2D eigenvalue weighted by Gasteiger charge is -2.11. The van der Waals surface area contributed by atoms with E-state index in [1.54, 1.807) is 18.1 Å². The average molecular weight is 356 g/mol. The molecule has 0 bridgehead atoms. The molecule has 3 aromatic rings. The second-order valence-corrected chi connectivity index (χ2v) is 8.09. The van der Waals surface area contributed by atoms with Crippen LogP contribution in [0.25, 0.3) is 10.2 Å². The van der Waals surface area contributed by atoms with Crippen molar-refractivity contribution in [3.8, 4) is 11.5 Å². The van der Waals surface area contributed by atoms with Crippen molar-refractivity contribution in [1.29, 1.82) is 0 Å². The van der Waals surface area contributed by atoms with Gasteiger partial charge in [-0.15, -0.1) is 23.1 Å². The fraction of sp³-hybridized carbons (Fsp3) is 0.333. The van der Waals surface area contributed by atoms with Crippen LogP contribution < -0.4 is 9.47 Å². The summed E-state index contributed by atoms with van der Waals surface area (Å²) < 4.78 is 10.8. The van der Waals surface area contributed by atoms with Crippen molar-refractivity contribution in [3.05, 3.63) is 40.5 Å². The second-order valence-electron chi connectivity index (χ2n) is 6.05. The highest BCUT2D eigenvalue weighted by Gasteiger charge is 2.20. The van der Waals surface area contributed by atoms with Gasteiger partial charge in [0.05, 0.1) is 0 Å². The zero-order valence-corrected chi connectivity index (χ0v) is 14.7. The normalized spacial score (nSPS) is 15.7. The summed E-state index contributed by atoms with van der Waals surface area (Å²) in [6.07, 6.45) is 6.64. The van der Waals surface area contributed by atoms with E-state index in [2.05, 4.69) is 22.1 Å². The number of thiophene rings is 1. The molecule has 0 spiro atoms. The molecule has 0 saturated carbocycles. The second kappa shape index (κ2) is 5.93. The lowest BCUT2D eigenvalue weighted by atomic mass is 9.97. The van der Waals surface area contributed by atoms with E-state index in [1.807, 2.05) is 17.4 Å². The van der Waals surface area contributed by atoms with Crippen LogP contribution in [0, 0.1) is 0 Å². The van der Waals surface area contributed by atoms with Crippen molar-refractivity contribution in [2.75, 3.05) is 6.79 Å². The van der Waals surface area contributed by atoms with Crippen LogP contribution in [0.4, 0.5) is 0 Å². The summed E-state index contributed by atoms with van der Waals surface area (Å²) in [5.74, 6) is 2.54. The molecule has 0 fully saturated rings. The van der Waals surface area contributed by atoms with Gasteiger partial charge in [-0.1, -0.05) is 6.07 Å². The molecular weight excluding hydrogens is 340 g/mol. The zero-order valence-electron chi connectivity index (χ0n) is 13.1. The maximum absolute atomic E-state index is 5.47. The summed E-state index contributed by atoms with van der Waals surface area (Å²) in [5, 5.41) is 2.40. The van der Waals surface area contributed by atoms with E-state index in [1.165, 1.54) is 47.1 Å². The SMILES string of the molecule is c1nc(SCc2ccc3c(c2)OCO3)c2c3c(sc2n1)CCCC3. The van der Waals surface area contributed by atoms with E-state index >= 15 is 0 Å². The van der Waals surface area contributed by atoms with E-state index in [4.69, 9.17) is 9.47 Å². The first-order valence-corrected chi connectivity index (χ1v) is 9.95. The third kappa shape index (κ3) is 2.45. The molecule has 24 heavy (non-hydrogen) atoms. The van der Waals surface area contributed by atoms with E-state index < -0.39 is 0 Å². The predicted octanol–water partition coefficient (Wildman–Crippen LogP) is 4.59. The van der Waals surface area contributed by atoms with Crippen molar-refractivity contribution < 1.29 is 9.47 Å². The Kier molecular flexibility index (Phi) is 3.60. The van der Waals surface area contributed by atoms with E-state index in [0.29, 0.717) is 6.79 Å². The lowest BCUT2D eigenvalue weighted by molar-refractivity contribution is 0.174. The standard InChI is InChI=1S/C18H16N2O2S2/c1-2-4-15-12(3-1)16-17(19-9-20-18(16)24-15)23-8-11-5-6-13-14(7-11)22-10-21-13/h5-7,9H,1-4,8,10H2. The largest absolute Gasteiger partial charge is 0.454 e.